The summed E-state index contributed by atoms with van der Waals surface area (Å²) in [4.78, 5) is 4.01. The van der Waals surface area contributed by atoms with E-state index in [0.29, 0.717) is 5.02 Å². The van der Waals surface area contributed by atoms with Crippen molar-refractivity contribution in [3.63, 3.8) is 0 Å². The van der Waals surface area contributed by atoms with Gasteiger partial charge in [0.15, 0.2) is 0 Å². The maximum Gasteiger partial charge on any atom is 0.263 e. The van der Waals surface area contributed by atoms with E-state index >= 15 is 0 Å². The van der Waals surface area contributed by atoms with Crippen molar-refractivity contribution in [3.05, 3.63) is 52.1 Å². The molecule has 1 aromatic carbocycles. The van der Waals surface area contributed by atoms with Gasteiger partial charge in [0.05, 0.1) is 14.9 Å². The molecule has 100 valence electrons. The standard InChI is InChI=1S/C12H10Cl2N2O2S/c1-8-2-5-12(15-7-8)16-19(17,18)9-3-4-10(13)11(14)6-9/h2-7H,1H3,(H,15,16). The summed E-state index contributed by atoms with van der Waals surface area (Å²) in [5, 5.41) is 0.482. The molecule has 2 rings (SSSR count). The van der Waals surface area contributed by atoms with Crippen LogP contribution in [0.25, 0.3) is 0 Å². The molecule has 0 aliphatic carbocycles. The van der Waals surface area contributed by atoms with Crippen molar-refractivity contribution < 1.29 is 8.42 Å². The minimum Gasteiger partial charge on any atom is -0.263 e. The van der Waals surface area contributed by atoms with E-state index in [1.54, 1.807) is 18.3 Å². The minimum absolute atomic E-state index is 0.0317. The van der Waals surface area contributed by atoms with Crippen LogP contribution in [0.4, 0.5) is 5.82 Å². The average Bonchev–Trinajstić information content (AvgIpc) is 2.35. The molecule has 0 radical (unpaired) electrons. The van der Waals surface area contributed by atoms with Crippen molar-refractivity contribution in [3.8, 4) is 0 Å². The molecule has 0 saturated carbocycles. The molecule has 0 atom stereocenters. The second kappa shape index (κ2) is 5.36. The van der Waals surface area contributed by atoms with Gasteiger partial charge in [-0.25, -0.2) is 13.4 Å². The lowest BCUT2D eigenvalue weighted by Crippen LogP contribution is -2.13. The van der Waals surface area contributed by atoms with Crippen LogP contribution in [-0.2, 0) is 10.0 Å². The highest BCUT2D eigenvalue weighted by Crippen LogP contribution is 2.25. The topological polar surface area (TPSA) is 59.1 Å². The van der Waals surface area contributed by atoms with Crippen LogP contribution in [0.1, 0.15) is 5.56 Å². The Bertz CT molecular complexity index is 700. The first-order valence-electron chi connectivity index (χ1n) is 5.29. The van der Waals surface area contributed by atoms with Gasteiger partial charge in [0.2, 0.25) is 0 Å². The van der Waals surface area contributed by atoms with Gasteiger partial charge in [-0.1, -0.05) is 29.3 Å². The number of rotatable bonds is 3. The zero-order valence-corrected chi connectivity index (χ0v) is 12.2. The molecule has 0 fully saturated rings. The van der Waals surface area contributed by atoms with Crippen molar-refractivity contribution in [2.24, 2.45) is 0 Å². The van der Waals surface area contributed by atoms with Gasteiger partial charge in [0, 0.05) is 6.20 Å². The first kappa shape index (κ1) is 14.1. The molecule has 0 spiro atoms. The molecule has 2 aromatic rings. The van der Waals surface area contributed by atoms with Crippen molar-refractivity contribution in [1.29, 1.82) is 0 Å². The lowest BCUT2D eigenvalue weighted by atomic mass is 10.3. The zero-order valence-electron chi connectivity index (χ0n) is 9.89. The minimum atomic E-state index is -3.72. The van der Waals surface area contributed by atoms with Crippen molar-refractivity contribution in [1.82, 2.24) is 4.98 Å². The van der Waals surface area contributed by atoms with E-state index in [1.807, 2.05) is 6.92 Å². The van der Waals surface area contributed by atoms with Gasteiger partial charge >= 0.3 is 0 Å². The molecule has 0 bridgehead atoms. The molecule has 0 saturated heterocycles. The molecule has 1 aromatic heterocycles. The molecule has 0 unspecified atom stereocenters. The van der Waals surface area contributed by atoms with Crippen molar-refractivity contribution in [2.45, 2.75) is 11.8 Å². The number of halogens is 2. The van der Waals surface area contributed by atoms with Gasteiger partial charge in [0.25, 0.3) is 10.0 Å². The molecule has 0 amide bonds. The maximum atomic E-state index is 12.1. The number of sulfonamides is 1. The highest BCUT2D eigenvalue weighted by Gasteiger charge is 2.16. The van der Waals surface area contributed by atoms with Crippen LogP contribution in [-0.4, -0.2) is 13.4 Å². The summed E-state index contributed by atoms with van der Waals surface area (Å²) < 4.78 is 26.6. The normalized spacial score (nSPS) is 11.3. The Hall–Kier alpha value is -1.30. The van der Waals surface area contributed by atoms with E-state index in [4.69, 9.17) is 23.2 Å². The maximum absolute atomic E-state index is 12.1. The summed E-state index contributed by atoms with van der Waals surface area (Å²) in [5.74, 6) is 0.247. The summed E-state index contributed by atoms with van der Waals surface area (Å²) in [7, 11) is -3.72. The summed E-state index contributed by atoms with van der Waals surface area (Å²) >= 11 is 11.6. The average molecular weight is 317 g/mol. The van der Waals surface area contributed by atoms with Gasteiger partial charge in [-0.3, -0.25) is 4.72 Å². The fourth-order valence-corrected chi connectivity index (χ4v) is 2.77. The molecule has 0 aliphatic rings. The van der Waals surface area contributed by atoms with Gasteiger partial charge in [-0.15, -0.1) is 0 Å². The predicted octanol–water partition coefficient (Wildman–Crippen LogP) is 3.50. The molecular formula is C12H10Cl2N2O2S. The van der Waals surface area contributed by atoms with Crippen LogP contribution in [0.5, 0.6) is 0 Å². The third kappa shape index (κ3) is 3.37. The Morgan fingerprint density at radius 1 is 1.11 bits per heavy atom. The SMILES string of the molecule is Cc1ccc(NS(=O)(=O)c2ccc(Cl)c(Cl)c2)nc1. The Morgan fingerprint density at radius 2 is 1.84 bits per heavy atom. The van der Waals surface area contributed by atoms with Crippen molar-refractivity contribution in [2.75, 3.05) is 4.72 Å². The monoisotopic (exact) mass is 316 g/mol. The first-order chi connectivity index (χ1) is 8.88. The number of anilines is 1. The van der Waals surface area contributed by atoms with Gasteiger partial charge < -0.3 is 0 Å². The van der Waals surface area contributed by atoms with E-state index in [1.165, 1.54) is 18.2 Å². The fourth-order valence-electron chi connectivity index (χ4n) is 1.37. The number of hydrogen-bond donors (Lipinski definition) is 1. The van der Waals surface area contributed by atoms with Gasteiger partial charge in [-0.05, 0) is 36.8 Å². The summed E-state index contributed by atoms with van der Waals surface area (Å²) in [6.07, 6.45) is 1.58. The highest BCUT2D eigenvalue weighted by molar-refractivity contribution is 7.92. The van der Waals surface area contributed by atoms with Gasteiger partial charge in [-0.2, -0.15) is 0 Å². The first-order valence-corrected chi connectivity index (χ1v) is 7.53. The van der Waals surface area contributed by atoms with Crippen LogP contribution in [0.2, 0.25) is 10.0 Å². The Kier molecular flexibility index (Phi) is 3.99. The third-order valence-corrected chi connectivity index (χ3v) is 4.44. The van der Waals surface area contributed by atoms with Crippen LogP contribution >= 0.6 is 23.2 Å². The number of nitrogens with one attached hydrogen (secondary N) is 1. The lowest BCUT2D eigenvalue weighted by molar-refractivity contribution is 0.601. The Balaban J connectivity index is 2.32. The van der Waals surface area contributed by atoms with E-state index < -0.39 is 10.0 Å². The molecule has 4 nitrogen and oxygen atoms in total. The summed E-state index contributed by atoms with van der Waals surface area (Å²) in [6, 6.07) is 7.45. The number of aryl methyl sites for hydroxylation is 1. The van der Waals surface area contributed by atoms with E-state index in [-0.39, 0.29) is 15.7 Å². The van der Waals surface area contributed by atoms with Crippen LogP contribution in [0.3, 0.4) is 0 Å². The second-order valence-electron chi connectivity index (χ2n) is 3.90. The smallest absolute Gasteiger partial charge is 0.263 e. The summed E-state index contributed by atoms with van der Waals surface area (Å²) in [6.45, 7) is 1.87. The van der Waals surface area contributed by atoms with Crippen LogP contribution < -0.4 is 4.72 Å². The number of nitrogens with zero attached hydrogens (tertiary/aromatic N) is 1. The van der Waals surface area contributed by atoms with Crippen LogP contribution in [0, 0.1) is 6.92 Å². The van der Waals surface area contributed by atoms with Gasteiger partial charge in [0.1, 0.15) is 5.82 Å². The fraction of sp³-hybridized carbons (Fsp3) is 0.0833. The number of aromatic nitrogens is 1. The van der Waals surface area contributed by atoms with E-state index in [9.17, 15) is 8.42 Å². The highest BCUT2D eigenvalue weighted by atomic mass is 35.5. The number of hydrogen-bond acceptors (Lipinski definition) is 3. The quantitative estimate of drug-likeness (QED) is 0.942. The Labute approximate surface area is 121 Å². The van der Waals surface area contributed by atoms with Crippen molar-refractivity contribution >= 4 is 39.0 Å². The van der Waals surface area contributed by atoms with E-state index in [0.717, 1.165) is 5.56 Å². The second-order valence-corrected chi connectivity index (χ2v) is 6.40. The lowest BCUT2D eigenvalue weighted by Gasteiger charge is -2.08. The third-order valence-electron chi connectivity index (χ3n) is 2.35. The predicted molar refractivity (Wildman–Crippen MR) is 76.2 cm³/mol. The molecule has 19 heavy (non-hydrogen) atoms. The number of benzene rings is 1. The molecular weight excluding hydrogens is 307 g/mol. The zero-order chi connectivity index (χ0) is 14.0. The Morgan fingerprint density at radius 3 is 2.42 bits per heavy atom. The number of pyridine rings is 1. The molecule has 0 aliphatic heterocycles. The van der Waals surface area contributed by atoms with E-state index in [2.05, 4.69) is 9.71 Å². The molecule has 1 heterocycles. The summed E-state index contributed by atoms with van der Waals surface area (Å²) in [5.41, 5.74) is 0.942. The van der Waals surface area contributed by atoms with Crippen LogP contribution in [0.15, 0.2) is 41.4 Å². The molecule has 7 heteroatoms. The largest absolute Gasteiger partial charge is 0.263 e. The molecule has 1 N–H and O–H groups in total.